The molecule has 13 heteroatoms. The van der Waals surface area contributed by atoms with Gasteiger partial charge < -0.3 is 29.7 Å². The fourth-order valence-corrected chi connectivity index (χ4v) is 4.86. The van der Waals surface area contributed by atoms with Gasteiger partial charge in [-0.25, -0.2) is 18.4 Å². The van der Waals surface area contributed by atoms with Gasteiger partial charge in [0.1, 0.15) is 12.0 Å². The first-order valence-electron chi connectivity index (χ1n) is 12.8. The molecule has 41 heavy (non-hydrogen) atoms. The summed E-state index contributed by atoms with van der Waals surface area (Å²) in [6.07, 6.45) is -0.300. The Kier molecular flexibility index (Phi) is 9.78. The summed E-state index contributed by atoms with van der Waals surface area (Å²) >= 11 is 0. The van der Waals surface area contributed by atoms with Gasteiger partial charge in [-0.2, -0.15) is 0 Å². The molecule has 0 radical (unpaired) electrons. The van der Waals surface area contributed by atoms with Crippen molar-refractivity contribution < 1.29 is 32.8 Å². The van der Waals surface area contributed by atoms with Crippen LogP contribution in [0.4, 0.5) is 17.3 Å². The molecule has 0 saturated carbocycles. The summed E-state index contributed by atoms with van der Waals surface area (Å²) in [6, 6.07) is 16.6. The monoisotopic (exact) mass is 583 g/mol. The molecule has 1 unspecified atom stereocenters. The van der Waals surface area contributed by atoms with Gasteiger partial charge in [-0.05, 0) is 36.8 Å². The molecule has 0 aliphatic carbocycles. The van der Waals surface area contributed by atoms with Crippen LogP contribution in [-0.2, 0) is 16.6 Å². The van der Waals surface area contributed by atoms with Crippen molar-refractivity contribution in [2.75, 3.05) is 37.5 Å². The van der Waals surface area contributed by atoms with Crippen LogP contribution in [0.2, 0.25) is 0 Å². The molecule has 1 heterocycles. The lowest BCUT2D eigenvalue weighted by Crippen LogP contribution is -2.24. The summed E-state index contributed by atoms with van der Waals surface area (Å²) in [4.78, 5) is 9.21. The second kappa shape index (κ2) is 13.5. The van der Waals surface area contributed by atoms with E-state index in [-0.39, 0.29) is 29.7 Å². The number of benzene rings is 3. The van der Waals surface area contributed by atoms with E-state index in [9.17, 15) is 18.6 Å². The summed E-state index contributed by atoms with van der Waals surface area (Å²) in [5.74, 6) is 1.23. The smallest absolute Gasteiger partial charge is 0.263 e. The minimum atomic E-state index is -4.07. The van der Waals surface area contributed by atoms with Gasteiger partial charge in [-0.1, -0.05) is 24.3 Å². The van der Waals surface area contributed by atoms with Crippen LogP contribution in [0.5, 0.6) is 17.2 Å². The Labute approximate surface area is 238 Å². The van der Waals surface area contributed by atoms with Crippen LogP contribution in [0, 0.1) is 0 Å². The van der Waals surface area contributed by atoms with Crippen LogP contribution in [0.15, 0.2) is 65.6 Å². The van der Waals surface area contributed by atoms with E-state index in [1.165, 1.54) is 26.4 Å². The third-order valence-corrected chi connectivity index (χ3v) is 7.28. The number of ether oxygens (including phenoxy) is 3. The van der Waals surface area contributed by atoms with E-state index in [1.807, 2.05) is 0 Å². The summed E-state index contributed by atoms with van der Waals surface area (Å²) in [5.41, 5.74) is 2.21. The molecular weight excluding hydrogens is 550 g/mol. The number of rotatable bonds is 14. The molecule has 0 bridgehead atoms. The predicted molar refractivity (Wildman–Crippen MR) is 155 cm³/mol. The number of hydrogen-bond donors (Lipinski definition) is 5. The molecule has 4 rings (SSSR count). The Morgan fingerprint density at radius 1 is 0.951 bits per heavy atom. The van der Waals surface area contributed by atoms with Crippen LogP contribution in [0.25, 0.3) is 11.0 Å². The normalized spacial score (nSPS) is 12.1. The van der Waals surface area contributed by atoms with Crippen molar-refractivity contribution >= 4 is 38.4 Å². The van der Waals surface area contributed by atoms with E-state index in [4.69, 9.17) is 14.2 Å². The summed E-state index contributed by atoms with van der Waals surface area (Å²) < 4.78 is 46.2. The van der Waals surface area contributed by atoms with Crippen LogP contribution in [-0.4, -0.2) is 62.3 Å². The van der Waals surface area contributed by atoms with Gasteiger partial charge in [0.2, 0.25) is 0 Å². The molecule has 0 fully saturated rings. The van der Waals surface area contributed by atoms with Gasteiger partial charge in [0.15, 0.2) is 23.1 Å². The van der Waals surface area contributed by atoms with Crippen molar-refractivity contribution in [3.05, 3.63) is 66.2 Å². The maximum atomic E-state index is 13.4. The average Bonchev–Trinajstić information content (AvgIpc) is 2.97. The molecule has 0 spiro atoms. The Morgan fingerprint density at radius 3 is 2.24 bits per heavy atom. The second-order valence-corrected chi connectivity index (χ2v) is 10.7. The number of nitrogens with one attached hydrogen (secondary N) is 3. The lowest BCUT2D eigenvalue weighted by Gasteiger charge is -2.19. The van der Waals surface area contributed by atoms with E-state index < -0.39 is 16.3 Å². The Morgan fingerprint density at radius 2 is 1.63 bits per heavy atom. The number of aliphatic hydroxyl groups excluding tert-OH is 2. The average molecular weight is 584 g/mol. The predicted octanol–water partition coefficient (Wildman–Crippen LogP) is 3.38. The third kappa shape index (κ3) is 7.52. The van der Waals surface area contributed by atoms with Crippen LogP contribution in [0.1, 0.15) is 18.9 Å². The van der Waals surface area contributed by atoms with E-state index >= 15 is 0 Å². The van der Waals surface area contributed by atoms with Crippen LogP contribution in [0.3, 0.4) is 0 Å². The van der Waals surface area contributed by atoms with E-state index in [0.717, 1.165) is 5.56 Å². The van der Waals surface area contributed by atoms with Crippen LogP contribution < -0.4 is 29.6 Å². The van der Waals surface area contributed by atoms with Crippen molar-refractivity contribution in [1.82, 2.24) is 15.3 Å². The zero-order chi connectivity index (χ0) is 29.4. The zero-order valence-electron chi connectivity index (χ0n) is 22.9. The van der Waals surface area contributed by atoms with Crippen molar-refractivity contribution in [3.63, 3.8) is 0 Å². The standard InChI is InChI=1S/C28H33N5O7S/c1-18(35)29-17-19-9-11-21(12-10-19)41(36,37)33-28-27(30-22-7-4-5-8-23(22)31-28)32-24-15-20(38-2)16-25(39-3)26(24)40-14-6-13-34/h4-5,7-12,15-16,18,29,34-35H,6,13-14,17H2,1-3H3,(H,30,32)(H,31,33). The zero-order valence-corrected chi connectivity index (χ0v) is 23.7. The summed E-state index contributed by atoms with van der Waals surface area (Å²) in [7, 11) is -1.08. The third-order valence-electron chi connectivity index (χ3n) is 5.92. The number of methoxy groups -OCH3 is 2. The van der Waals surface area contributed by atoms with Crippen molar-refractivity contribution in [2.45, 2.75) is 31.0 Å². The minimum Gasteiger partial charge on any atom is -0.497 e. The Hall–Kier alpha value is -4.17. The van der Waals surface area contributed by atoms with Gasteiger partial charge in [0, 0.05) is 31.7 Å². The number of aliphatic hydroxyl groups is 2. The number of sulfonamides is 1. The fourth-order valence-electron chi connectivity index (χ4n) is 3.85. The molecule has 1 aromatic heterocycles. The highest BCUT2D eigenvalue weighted by Gasteiger charge is 2.22. The highest BCUT2D eigenvalue weighted by molar-refractivity contribution is 7.92. The number of nitrogens with zero attached hydrogens (tertiary/aromatic N) is 2. The summed E-state index contributed by atoms with van der Waals surface area (Å²) in [5, 5.41) is 24.7. The Bertz CT molecular complexity index is 1580. The maximum Gasteiger partial charge on any atom is 0.263 e. The molecule has 5 N–H and O–H groups in total. The lowest BCUT2D eigenvalue weighted by molar-refractivity contribution is 0.155. The molecule has 0 aliphatic rings. The highest BCUT2D eigenvalue weighted by atomic mass is 32.2. The maximum absolute atomic E-state index is 13.4. The number of fused-ring (bicyclic) bond motifs is 1. The summed E-state index contributed by atoms with van der Waals surface area (Å²) in [6.45, 7) is 2.13. The SMILES string of the molecule is COc1cc(Nc2nc3ccccc3nc2NS(=O)(=O)c2ccc(CNC(C)O)cc2)c(OCCCO)c(OC)c1. The van der Waals surface area contributed by atoms with Gasteiger partial charge in [0.05, 0.1) is 42.4 Å². The first-order chi connectivity index (χ1) is 19.7. The molecule has 0 aliphatic heterocycles. The fraction of sp³-hybridized carbons (Fsp3) is 0.286. The topological polar surface area (TPSA) is 164 Å². The molecule has 1 atom stereocenters. The van der Waals surface area contributed by atoms with Crippen LogP contribution >= 0.6 is 0 Å². The highest BCUT2D eigenvalue weighted by Crippen LogP contribution is 2.42. The molecule has 12 nitrogen and oxygen atoms in total. The van der Waals surface area contributed by atoms with E-state index in [1.54, 1.807) is 55.5 Å². The first-order valence-corrected chi connectivity index (χ1v) is 14.3. The number of anilines is 3. The number of hydrogen-bond acceptors (Lipinski definition) is 11. The van der Waals surface area contributed by atoms with Gasteiger partial charge in [-0.3, -0.25) is 10.0 Å². The van der Waals surface area contributed by atoms with Gasteiger partial charge >= 0.3 is 0 Å². The van der Waals surface area contributed by atoms with E-state index in [0.29, 0.717) is 46.9 Å². The first kappa shape index (κ1) is 29.8. The van der Waals surface area contributed by atoms with Crippen molar-refractivity contribution in [1.29, 1.82) is 0 Å². The lowest BCUT2D eigenvalue weighted by atomic mass is 10.2. The molecule has 218 valence electrons. The molecule has 3 aromatic carbocycles. The van der Waals surface area contributed by atoms with Gasteiger partial charge in [-0.15, -0.1) is 0 Å². The van der Waals surface area contributed by atoms with E-state index in [2.05, 4.69) is 25.3 Å². The van der Waals surface area contributed by atoms with Crippen molar-refractivity contribution in [3.8, 4) is 17.2 Å². The molecule has 4 aromatic rings. The Balaban J connectivity index is 1.73. The number of para-hydroxylation sites is 2. The largest absolute Gasteiger partial charge is 0.497 e. The molecule has 0 saturated heterocycles. The quantitative estimate of drug-likeness (QED) is 0.109. The number of aromatic nitrogens is 2. The molecular formula is C28H33N5O7S. The van der Waals surface area contributed by atoms with Gasteiger partial charge in [0.25, 0.3) is 10.0 Å². The molecule has 0 amide bonds. The van der Waals surface area contributed by atoms with Crippen molar-refractivity contribution in [2.24, 2.45) is 0 Å². The minimum absolute atomic E-state index is 0.0234. The second-order valence-electron chi connectivity index (χ2n) is 8.97.